The van der Waals surface area contributed by atoms with Gasteiger partial charge in [-0.1, -0.05) is 30.3 Å². The van der Waals surface area contributed by atoms with E-state index in [1.165, 1.54) is 0 Å². The number of nitrogens with zero attached hydrogens (tertiary/aromatic N) is 1. The number of nitrogens with one attached hydrogen (secondary N) is 1. The molecule has 8 heteroatoms. The zero-order valence-electron chi connectivity index (χ0n) is 18.2. The van der Waals surface area contributed by atoms with E-state index in [0.717, 1.165) is 5.56 Å². The molecule has 166 valence electrons. The lowest BCUT2D eigenvalue weighted by Gasteiger charge is -2.33. The summed E-state index contributed by atoms with van der Waals surface area (Å²) in [5.41, 5.74) is 0.335. The molecule has 2 rings (SSSR count). The molecule has 8 nitrogen and oxygen atoms in total. The molecular formula is C22H32N2O6. The summed E-state index contributed by atoms with van der Waals surface area (Å²) in [6.45, 7) is 8.11. The highest BCUT2D eigenvalue weighted by Gasteiger charge is 2.28. The Morgan fingerprint density at radius 2 is 1.77 bits per heavy atom. The zero-order valence-corrected chi connectivity index (χ0v) is 18.2. The molecule has 1 aliphatic heterocycles. The Balaban J connectivity index is 1.67. The molecule has 0 spiro atoms. The summed E-state index contributed by atoms with van der Waals surface area (Å²) in [4.78, 5) is 38.0. The van der Waals surface area contributed by atoms with Crippen molar-refractivity contribution in [3.05, 3.63) is 35.9 Å². The van der Waals surface area contributed by atoms with Crippen molar-refractivity contribution >= 4 is 18.0 Å². The van der Waals surface area contributed by atoms with Gasteiger partial charge in [-0.25, -0.2) is 9.59 Å². The van der Waals surface area contributed by atoms with Gasteiger partial charge in [0.05, 0.1) is 6.10 Å². The molecule has 0 aromatic heterocycles. The third-order valence-corrected chi connectivity index (χ3v) is 4.53. The number of ether oxygens (including phenoxy) is 3. The number of hydrogen-bond donors (Lipinski definition) is 1. The molecule has 0 bridgehead atoms. The first-order chi connectivity index (χ1) is 14.1. The smallest absolute Gasteiger partial charge is 0.408 e. The highest BCUT2D eigenvalue weighted by atomic mass is 16.6. The molecule has 1 aromatic carbocycles. The predicted octanol–water partition coefficient (Wildman–Crippen LogP) is 2.65. The van der Waals surface area contributed by atoms with E-state index in [1.54, 1.807) is 11.8 Å². The van der Waals surface area contributed by atoms with E-state index in [-0.39, 0.29) is 25.2 Å². The quantitative estimate of drug-likeness (QED) is 0.682. The number of piperidine rings is 1. The zero-order chi connectivity index (χ0) is 22.1. The lowest BCUT2D eigenvalue weighted by atomic mass is 10.1. The van der Waals surface area contributed by atoms with Crippen molar-refractivity contribution in [2.75, 3.05) is 19.7 Å². The molecule has 30 heavy (non-hydrogen) atoms. The number of carbonyl (C=O) groups excluding carboxylic acids is 3. The third kappa shape index (κ3) is 8.41. The number of alkyl carbamates (subject to hydrolysis) is 1. The molecule has 0 radical (unpaired) electrons. The van der Waals surface area contributed by atoms with Crippen LogP contribution < -0.4 is 5.32 Å². The molecule has 0 aliphatic carbocycles. The number of carbonyl (C=O) groups is 3. The Hall–Kier alpha value is -2.61. The SMILES string of the molecule is C[C@H](NC(=O)OCc1ccccc1)C(=O)N1CCC(OCC(=O)OC(C)(C)C)CC1. The average molecular weight is 421 g/mol. The minimum absolute atomic E-state index is 0.0961. The largest absolute Gasteiger partial charge is 0.458 e. The van der Waals surface area contributed by atoms with E-state index in [0.29, 0.717) is 25.9 Å². The van der Waals surface area contributed by atoms with Crippen LogP contribution in [0.4, 0.5) is 4.79 Å². The van der Waals surface area contributed by atoms with Crippen LogP contribution >= 0.6 is 0 Å². The van der Waals surface area contributed by atoms with Gasteiger partial charge in [0.25, 0.3) is 0 Å². The van der Waals surface area contributed by atoms with Crippen LogP contribution in [0.5, 0.6) is 0 Å². The van der Waals surface area contributed by atoms with Crippen molar-refractivity contribution in [2.24, 2.45) is 0 Å². The van der Waals surface area contributed by atoms with E-state index in [4.69, 9.17) is 14.2 Å². The minimum Gasteiger partial charge on any atom is -0.458 e. The van der Waals surface area contributed by atoms with Crippen LogP contribution in [0.2, 0.25) is 0 Å². The van der Waals surface area contributed by atoms with Crippen molar-refractivity contribution in [1.82, 2.24) is 10.2 Å². The Labute approximate surface area is 177 Å². The fraction of sp³-hybridized carbons (Fsp3) is 0.591. The number of hydrogen-bond acceptors (Lipinski definition) is 6. The summed E-state index contributed by atoms with van der Waals surface area (Å²) in [6.07, 6.45) is 0.523. The Kier molecular flexibility index (Phi) is 8.65. The van der Waals surface area contributed by atoms with E-state index >= 15 is 0 Å². The van der Waals surface area contributed by atoms with Crippen LogP contribution in [0, 0.1) is 0 Å². The highest BCUT2D eigenvalue weighted by Crippen LogP contribution is 2.15. The van der Waals surface area contributed by atoms with Crippen molar-refractivity contribution < 1.29 is 28.6 Å². The summed E-state index contributed by atoms with van der Waals surface area (Å²) in [7, 11) is 0. The van der Waals surface area contributed by atoms with Gasteiger partial charge < -0.3 is 24.4 Å². The summed E-state index contributed by atoms with van der Waals surface area (Å²) in [5, 5.41) is 2.58. The monoisotopic (exact) mass is 420 g/mol. The van der Waals surface area contributed by atoms with Gasteiger partial charge in [0.15, 0.2) is 0 Å². The molecule has 2 amide bonds. The van der Waals surface area contributed by atoms with E-state index in [1.807, 2.05) is 51.1 Å². The molecular weight excluding hydrogens is 388 g/mol. The molecule has 1 fully saturated rings. The maximum atomic E-state index is 12.6. The van der Waals surface area contributed by atoms with Crippen LogP contribution in [0.25, 0.3) is 0 Å². The third-order valence-electron chi connectivity index (χ3n) is 4.53. The second kappa shape index (κ2) is 11.0. The van der Waals surface area contributed by atoms with Crippen molar-refractivity contribution in [1.29, 1.82) is 0 Å². The first kappa shape index (κ1) is 23.7. The first-order valence-electron chi connectivity index (χ1n) is 10.2. The summed E-state index contributed by atoms with van der Waals surface area (Å²) >= 11 is 0. The summed E-state index contributed by atoms with van der Waals surface area (Å²) in [5.74, 6) is -0.565. The lowest BCUT2D eigenvalue weighted by molar-refractivity contribution is -0.163. The minimum atomic E-state index is -0.687. The van der Waals surface area contributed by atoms with E-state index in [2.05, 4.69) is 5.32 Å². The van der Waals surface area contributed by atoms with Gasteiger partial charge in [-0.2, -0.15) is 0 Å². The van der Waals surface area contributed by atoms with Crippen LogP contribution in [0.1, 0.15) is 46.1 Å². The maximum absolute atomic E-state index is 12.6. The molecule has 0 saturated carbocycles. The molecule has 1 heterocycles. The van der Waals surface area contributed by atoms with Crippen molar-refractivity contribution in [3.63, 3.8) is 0 Å². The van der Waals surface area contributed by atoms with Crippen molar-refractivity contribution in [3.8, 4) is 0 Å². The normalized spacial score (nSPS) is 15.9. The van der Waals surface area contributed by atoms with Gasteiger partial charge >= 0.3 is 12.1 Å². The summed E-state index contributed by atoms with van der Waals surface area (Å²) < 4.78 is 16.0. The number of likely N-dealkylation sites (tertiary alicyclic amines) is 1. The second-order valence-corrected chi connectivity index (χ2v) is 8.35. The molecule has 1 aromatic rings. The van der Waals surface area contributed by atoms with Crippen LogP contribution in [-0.2, 0) is 30.4 Å². The molecule has 1 saturated heterocycles. The van der Waals surface area contributed by atoms with Gasteiger partial charge in [0.1, 0.15) is 24.9 Å². The standard InChI is InChI=1S/C22H32N2O6/c1-16(23-21(27)29-14-17-8-6-5-7-9-17)20(26)24-12-10-18(11-13-24)28-15-19(25)30-22(2,3)4/h5-9,16,18H,10-15H2,1-4H3,(H,23,27)/t16-/m0/s1. The Morgan fingerprint density at radius 3 is 2.37 bits per heavy atom. The Bertz CT molecular complexity index is 708. The first-order valence-corrected chi connectivity index (χ1v) is 10.2. The van der Waals surface area contributed by atoms with Crippen molar-refractivity contribution in [2.45, 2.75) is 64.9 Å². The Morgan fingerprint density at radius 1 is 1.13 bits per heavy atom. The molecule has 1 N–H and O–H groups in total. The molecule has 1 aliphatic rings. The van der Waals surface area contributed by atoms with E-state index in [9.17, 15) is 14.4 Å². The lowest BCUT2D eigenvalue weighted by Crippen LogP contribution is -2.50. The molecule has 1 atom stereocenters. The van der Waals surface area contributed by atoms with Gasteiger partial charge in [0.2, 0.25) is 5.91 Å². The van der Waals surface area contributed by atoms with Gasteiger partial charge in [-0.3, -0.25) is 4.79 Å². The van der Waals surface area contributed by atoms with Gasteiger partial charge in [-0.05, 0) is 46.1 Å². The van der Waals surface area contributed by atoms with Crippen LogP contribution in [-0.4, -0.2) is 60.3 Å². The topological polar surface area (TPSA) is 94.2 Å². The number of benzene rings is 1. The van der Waals surface area contributed by atoms with Gasteiger partial charge in [-0.15, -0.1) is 0 Å². The second-order valence-electron chi connectivity index (χ2n) is 8.35. The van der Waals surface area contributed by atoms with Gasteiger partial charge in [0, 0.05) is 13.1 Å². The predicted molar refractivity (Wildman–Crippen MR) is 111 cm³/mol. The number of esters is 1. The fourth-order valence-electron chi connectivity index (χ4n) is 3.08. The maximum Gasteiger partial charge on any atom is 0.408 e. The van der Waals surface area contributed by atoms with Crippen LogP contribution in [0.15, 0.2) is 30.3 Å². The fourth-order valence-corrected chi connectivity index (χ4v) is 3.08. The highest BCUT2D eigenvalue weighted by molar-refractivity contribution is 5.85. The van der Waals surface area contributed by atoms with E-state index < -0.39 is 23.7 Å². The number of amides is 2. The van der Waals surface area contributed by atoms with Crippen LogP contribution in [0.3, 0.4) is 0 Å². The number of rotatable bonds is 7. The molecule has 0 unspecified atom stereocenters. The summed E-state index contributed by atoms with van der Waals surface area (Å²) in [6, 6.07) is 8.64. The average Bonchev–Trinajstić information content (AvgIpc) is 2.70.